The topological polar surface area (TPSA) is 103 Å². The summed E-state index contributed by atoms with van der Waals surface area (Å²) in [6.07, 6.45) is -0.674. The van der Waals surface area contributed by atoms with Gasteiger partial charge in [-0.15, -0.1) is 0 Å². The molecule has 0 saturated carbocycles. The number of hydrogen-bond acceptors (Lipinski definition) is 5. The van der Waals surface area contributed by atoms with E-state index in [1.165, 1.54) is 4.68 Å². The average molecular weight is 171 g/mol. The van der Waals surface area contributed by atoms with Crippen molar-refractivity contribution in [3.63, 3.8) is 0 Å². The largest absolute Gasteiger partial charge is 0.391 e. The first-order valence-electron chi connectivity index (χ1n) is 3.62. The molecule has 1 aromatic heterocycles. The third-order valence-corrected chi connectivity index (χ3v) is 1.63. The van der Waals surface area contributed by atoms with Crippen molar-refractivity contribution in [3.05, 3.63) is 5.82 Å². The van der Waals surface area contributed by atoms with Crippen LogP contribution in [0, 0.1) is 0 Å². The number of nitrogens with zero attached hydrogens (tertiary/aromatic N) is 3. The van der Waals surface area contributed by atoms with Crippen molar-refractivity contribution in [2.75, 3.05) is 5.73 Å². The molecule has 0 fully saturated rings. The van der Waals surface area contributed by atoms with Crippen LogP contribution in [0.25, 0.3) is 0 Å². The molecule has 0 spiro atoms. The van der Waals surface area contributed by atoms with Crippen LogP contribution in [0.1, 0.15) is 18.8 Å². The van der Waals surface area contributed by atoms with Crippen LogP contribution in [-0.4, -0.2) is 26.0 Å². The number of nitrogen functional groups attached to an aromatic ring is 1. The molecule has 0 unspecified atom stereocenters. The fourth-order valence-electron chi connectivity index (χ4n) is 0.774. The summed E-state index contributed by atoms with van der Waals surface area (Å²) in [7, 11) is 1.67. The number of aromatic nitrogens is 3. The number of anilines is 1. The van der Waals surface area contributed by atoms with E-state index in [0.29, 0.717) is 11.8 Å². The van der Waals surface area contributed by atoms with Gasteiger partial charge >= 0.3 is 0 Å². The molecule has 1 aromatic rings. The van der Waals surface area contributed by atoms with Gasteiger partial charge in [0.2, 0.25) is 5.95 Å². The molecule has 6 nitrogen and oxygen atoms in total. The zero-order valence-electron chi connectivity index (χ0n) is 7.10. The Bertz CT molecular complexity index is 249. The van der Waals surface area contributed by atoms with E-state index in [-0.39, 0.29) is 0 Å². The smallest absolute Gasteiger partial charge is 0.218 e. The summed E-state index contributed by atoms with van der Waals surface area (Å²) in [6.45, 7) is 1.58. The van der Waals surface area contributed by atoms with E-state index in [9.17, 15) is 0 Å². The summed E-state index contributed by atoms with van der Waals surface area (Å²) in [6, 6.07) is -0.575. The minimum absolute atomic E-state index is 0.293. The van der Waals surface area contributed by atoms with Gasteiger partial charge in [0.1, 0.15) is 0 Å². The van der Waals surface area contributed by atoms with Gasteiger partial charge in [-0.05, 0) is 6.92 Å². The molecular weight excluding hydrogens is 158 g/mol. The van der Waals surface area contributed by atoms with Gasteiger partial charge in [-0.1, -0.05) is 0 Å². The minimum Gasteiger partial charge on any atom is -0.391 e. The van der Waals surface area contributed by atoms with Crippen LogP contribution in [0.5, 0.6) is 0 Å². The van der Waals surface area contributed by atoms with Crippen LogP contribution in [0.4, 0.5) is 5.95 Å². The van der Waals surface area contributed by atoms with E-state index in [0.717, 1.165) is 0 Å². The van der Waals surface area contributed by atoms with Gasteiger partial charge in [0.05, 0.1) is 12.1 Å². The Labute approximate surface area is 70.2 Å². The van der Waals surface area contributed by atoms with Gasteiger partial charge in [0.15, 0.2) is 5.82 Å². The summed E-state index contributed by atoms with van der Waals surface area (Å²) in [5.41, 5.74) is 11.0. The van der Waals surface area contributed by atoms with Gasteiger partial charge in [-0.25, -0.2) is 4.68 Å². The van der Waals surface area contributed by atoms with E-state index in [2.05, 4.69) is 10.1 Å². The number of nitrogens with two attached hydrogens (primary N) is 2. The molecule has 0 aliphatic heterocycles. The fourth-order valence-corrected chi connectivity index (χ4v) is 0.774. The van der Waals surface area contributed by atoms with Crippen molar-refractivity contribution in [2.45, 2.75) is 19.1 Å². The van der Waals surface area contributed by atoms with Crippen molar-refractivity contribution in [2.24, 2.45) is 12.8 Å². The lowest BCUT2D eigenvalue weighted by molar-refractivity contribution is 0.160. The van der Waals surface area contributed by atoms with Gasteiger partial charge in [-0.3, -0.25) is 0 Å². The molecule has 0 saturated heterocycles. The first-order chi connectivity index (χ1) is 5.52. The van der Waals surface area contributed by atoms with Gasteiger partial charge in [-0.2, -0.15) is 10.1 Å². The molecular formula is C6H13N5O. The monoisotopic (exact) mass is 171 g/mol. The van der Waals surface area contributed by atoms with Crippen LogP contribution >= 0.6 is 0 Å². The molecule has 6 heteroatoms. The second kappa shape index (κ2) is 3.08. The lowest BCUT2D eigenvalue weighted by Crippen LogP contribution is -2.24. The third kappa shape index (κ3) is 1.54. The molecule has 68 valence electrons. The molecule has 0 aromatic carbocycles. The highest BCUT2D eigenvalue weighted by molar-refractivity contribution is 5.16. The van der Waals surface area contributed by atoms with Crippen molar-refractivity contribution >= 4 is 5.95 Å². The molecule has 0 aliphatic carbocycles. The predicted molar refractivity (Wildman–Crippen MR) is 44.0 cm³/mol. The first kappa shape index (κ1) is 8.95. The fraction of sp³-hybridized carbons (Fsp3) is 0.667. The van der Waals surface area contributed by atoms with Crippen LogP contribution in [0.15, 0.2) is 0 Å². The Balaban J connectivity index is 2.89. The SMILES string of the molecule is C[C@@H](O)[C@H](N)c1nc(N)n(C)n1. The molecule has 0 bridgehead atoms. The summed E-state index contributed by atoms with van der Waals surface area (Å²) < 4.78 is 1.41. The second-order valence-electron chi connectivity index (χ2n) is 2.72. The van der Waals surface area contributed by atoms with Crippen molar-refractivity contribution in [1.29, 1.82) is 0 Å². The highest BCUT2D eigenvalue weighted by Gasteiger charge is 2.17. The molecule has 1 heterocycles. The van der Waals surface area contributed by atoms with E-state index in [1.807, 2.05) is 0 Å². The average Bonchev–Trinajstić information content (AvgIpc) is 2.30. The zero-order chi connectivity index (χ0) is 9.30. The Morgan fingerprint density at radius 2 is 2.17 bits per heavy atom. The number of aliphatic hydroxyl groups excluding tert-OH is 1. The van der Waals surface area contributed by atoms with Crippen molar-refractivity contribution in [3.8, 4) is 0 Å². The molecule has 2 atom stereocenters. The highest BCUT2D eigenvalue weighted by atomic mass is 16.3. The number of aliphatic hydroxyl groups is 1. The lowest BCUT2D eigenvalue weighted by atomic mass is 10.2. The van der Waals surface area contributed by atoms with Crippen molar-refractivity contribution < 1.29 is 5.11 Å². The summed E-state index contributed by atoms with van der Waals surface area (Å²) >= 11 is 0. The molecule has 0 amide bonds. The zero-order valence-corrected chi connectivity index (χ0v) is 7.10. The summed E-state index contributed by atoms with van der Waals surface area (Å²) in [5, 5.41) is 13.0. The van der Waals surface area contributed by atoms with Crippen LogP contribution in [0.2, 0.25) is 0 Å². The number of hydrogen-bond donors (Lipinski definition) is 3. The predicted octanol–water partition coefficient (Wildman–Crippen LogP) is -1.22. The quantitative estimate of drug-likeness (QED) is 0.517. The van der Waals surface area contributed by atoms with E-state index in [1.54, 1.807) is 14.0 Å². The van der Waals surface area contributed by atoms with Crippen LogP contribution in [0.3, 0.4) is 0 Å². The number of aryl methyl sites for hydroxylation is 1. The maximum absolute atomic E-state index is 9.12. The second-order valence-corrected chi connectivity index (χ2v) is 2.72. The Kier molecular flexibility index (Phi) is 2.30. The van der Waals surface area contributed by atoms with Gasteiger partial charge in [0.25, 0.3) is 0 Å². The molecule has 5 N–H and O–H groups in total. The lowest BCUT2D eigenvalue weighted by Gasteiger charge is -2.09. The summed E-state index contributed by atoms with van der Waals surface area (Å²) in [4.78, 5) is 3.88. The maximum atomic E-state index is 9.12. The molecule has 12 heavy (non-hydrogen) atoms. The normalized spacial score (nSPS) is 16.0. The first-order valence-corrected chi connectivity index (χ1v) is 3.62. The van der Waals surface area contributed by atoms with E-state index >= 15 is 0 Å². The van der Waals surface area contributed by atoms with Gasteiger partial charge < -0.3 is 16.6 Å². The van der Waals surface area contributed by atoms with E-state index in [4.69, 9.17) is 16.6 Å². The maximum Gasteiger partial charge on any atom is 0.218 e. The van der Waals surface area contributed by atoms with E-state index < -0.39 is 12.1 Å². The Hall–Kier alpha value is -1.14. The number of rotatable bonds is 2. The molecule has 0 radical (unpaired) electrons. The third-order valence-electron chi connectivity index (χ3n) is 1.63. The van der Waals surface area contributed by atoms with Gasteiger partial charge in [0, 0.05) is 7.05 Å². The summed E-state index contributed by atoms with van der Waals surface area (Å²) in [5.74, 6) is 0.658. The van der Waals surface area contributed by atoms with Crippen molar-refractivity contribution in [1.82, 2.24) is 14.8 Å². The van der Waals surface area contributed by atoms with Crippen LogP contribution in [-0.2, 0) is 7.05 Å². The minimum atomic E-state index is -0.674. The van der Waals surface area contributed by atoms with Crippen LogP contribution < -0.4 is 11.5 Å². The molecule has 1 rings (SSSR count). The highest BCUT2D eigenvalue weighted by Crippen LogP contribution is 2.10. The Morgan fingerprint density at radius 1 is 1.58 bits per heavy atom. The Morgan fingerprint density at radius 3 is 2.50 bits per heavy atom. The standard InChI is InChI=1S/C6H13N5O/c1-3(12)4(7)5-9-6(8)11(2)10-5/h3-4,12H,7H2,1-2H3,(H2,8,9,10)/t3-,4+/m1/s1. The molecule has 0 aliphatic rings.